The van der Waals surface area contributed by atoms with Crippen molar-refractivity contribution in [3.05, 3.63) is 36.4 Å². The number of amides is 1. The zero-order chi connectivity index (χ0) is 9.52. The molecule has 0 saturated heterocycles. The van der Waals surface area contributed by atoms with E-state index in [-0.39, 0.29) is 5.91 Å². The standard InChI is InChI=1S/C9H11N3O/c1-2-4-9(13)12-7-8-10-5-3-6-11-8/h2-6H,7H2,1H3,(H,12,13)/b4-2+. The van der Waals surface area contributed by atoms with Crippen molar-refractivity contribution >= 4 is 5.91 Å². The molecule has 0 aliphatic heterocycles. The number of nitrogens with zero attached hydrogens (tertiary/aromatic N) is 2. The number of rotatable bonds is 3. The van der Waals surface area contributed by atoms with E-state index in [4.69, 9.17) is 0 Å². The monoisotopic (exact) mass is 177 g/mol. The summed E-state index contributed by atoms with van der Waals surface area (Å²) in [6.45, 7) is 2.16. The van der Waals surface area contributed by atoms with Crippen molar-refractivity contribution in [2.24, 2.45) is 0 Å². The number of carbonyl (C=O) groups is 1. The number of hydrogen-bond acceptors (Lipinski definition) is 3. The first-order chi connectivity index (χ1) is 6.33. The Morgan fingerprint density at radius 1 is 1.54 bits per heavy atom. The zero-order valence-corrected chi connectivity index (χ0v) is 7.40. The number of hydrogen-bond donors (Lipinski definition) is 1. The fourth-order valence-electron chi connectivity index (χ4n) is 0.798. The molecule has 1 amide bonds. The van der Waals surface area contributed by atoms with Gasteiger partial charge in [0.15, 0.2) is 0 Å². The van der Waals surface area contributed by atoms with Gasteiger partial charge in [-0.1, -0.05) is 6.08 Å². The first kappa shape index (κ1) is 9.38. The molecule has 0 bridgehead atoms. The Balaban J connectivity index is 2.40. The van der Waals surface area contributed by atoms with E-state index in [0.717, 1.165) is 0 Å². The Kier molecular flexibility index (Phi) is 3.63. The molecular formula is C9H11N3O. The lowest BCUT2D eigenvalue weighted by atomic mass is 10.4. The predicted octanol–water partition coefficient (Wildman–Crippen LogP) is 0.669. The van der Waals surface area contributed by atoms with Crippen LogP contribution >= 0.6 is 0 Å². The Morgan fingerprint density at radius 3 is 2.85 bits per heavy atom. The Bertz CT molecular complexity index is 295. The van der Waals surface area contributed by atoms with Gasteiger partial charge in [-0.05, 0) is 19.1 Å². The number of nitrogens with one attached hydrogen (secondary N) is 1. The maximum Gasteiger partial charge on any atom is 0.244 e. The number of carbonyl (C=O) groups excluding carboxylic acids is 1. The zero-order valence-electron chi connectivity index (χ0n) is 7.40. The Morgan fingerprint density at radius 2 is 2.23 bits per heavy atom. The summed E-state index contributed by atoms with van der Waals surface area (Å²) in [5, 5.41) is 2.65. The minimum absolute atomic E-state index is 0.130. The number of allylic oxidation sites excluding steroid dienone is 1. The van der Waals surface area contributed by atoms with Crippen molar-refractivity contribution in [2.75, 3.05) is 0 Å². The van der Waals surface area contributed by atoms with Crippen LogP contribution in [0.5, 0.6) is 0 Å². The fourth-order valence-corrected chi connectivity index (χ4v) is 0.798. The lowest BCUT2D eigenvalue weighted by Crippen LogP contribution is -2.21. The molecular weight excluding hydrogens is 166 g/mol. The molecule has 1 rings (SSSR count). The van der Waals surface area contributed by atoms with Crippen molar-refractivity contribution in [2.45, 2.75) is 13.5 Å². The summed E-state index contributed by atoms with van der Waals surface area (Å²) < 4.78 is 0. The SMILES string of the molecule is C/C=C/C(=O)NCc1ncccn1. The van der Waals surface area contributed by atoms with E-state index in [1.165, 1.54) is 6.08 Å². The molecule has 0 aliphatic carbocycles. The third-order valence-corrected chi connectivity index (χ3v) is 1.36. The van der Waals surface area contributed by atoms with Crippen molar-refractivity contribution in [1.82, 2.24) is 15.3 Å². The van der Waals surface area contributed by atoms with Gasteiger partial charge in [0.2, 0.25) is 5.91 Å². The minimum atomic E-state index is -0.130. The molecule has 0 fully saturated rings. The van der Waals surface area contributed by atoms with Crippen LogP contribution in [0.2, 0.25) is 0 Å². The molecule has 0 aromatic carbocycles. The summed E-state index contributed by atoms with van der Waals surface area (Å²) in [5.74, 6) is 0.482. The number of aromatic nitrogens is 2. The molecule has 0 atom stereocenters. The average molecular weight is 177 g/mol. The molecule has 0 unspecified atom stereocenters. The van der Waals surface area contributed by atoms with E-state index in [2.05, 4.69) is 15.3 Å². The van der Waals surface area contributed by atoms with Gasteiger partial charge in [0.1, 0.15) is 5.82 Å². The molecule has 1 aromatic heterocycles. The highest BCUT2D eigenvalue weighted by Crippen LogP contribution is 1.86. The molecule has 4 heteroatoms. The molecule has 0 aliphatic rings. The van der Waals surface area contributed by atoms with E-state index in [9.17, 15) is 4.79 Å². The highest BCUT2D eigenvalue weighted by Gasteiger charge is 1.96. The molecule has 13 heavy (non-hydrogen) atoms. The molecule has 1 aromatic rings. The van der Waals surface area contributed by atoms with E-state index in [0.29, 0.717) is 12.4 Å². The van der Waals surface area contributed by atoms with Crippen LogP contribution in [0.25, 0.3) is 0 Å². The van der Waals surface area contributed by atoms with Gasteiger partial charge in [-0.3, -0.25) is 4.79 Å². The second-order valence-corrected chi connectivity index (χ2v) is 2.38. The summed E-state index contributed by atoms with van der Waals surface area (Å²) in [4.78, 5) is 18.9. The maximum atomic E-state index is 11.0. The second-order valence-electron chi connectivity index (χ2n) is 2.38. The molecule has 68 valence electrons. The normalized spacial score (nSPS) is 10.2. The predicted molar refractivity (Wildman–Crippen MR) is 48.7 cm³/mol. The van der Waals surface area contributed by atoms with Crippen LogP contribution in [0.1, 0.15) is 12.7 Å². The third-order valence-electron chi connectivity index (χ3n) is 1.36. The van der Waals surface area contributed by atoms with E-state index in [1.807, 2.05) is 0 Å². The van der Waals surface area contributed by atoms with Crippen LogP contribution in [0.3, 0.4) is 0 Å². The molecule has 1 N–H and O–H groups in total. The third kappa shape index (κ3) is 3.46. The van der Waals surface area contributed by atoms with Crippen molar-refractivity contribution in [1.29, 1.82) is 0 Å². The van der Waals surface area contributed by atoms with Gasteiger partial charge in [0.05, 0.1) is 6.54 Å². The quantitative estimate of drug-likeness (QED) is 0.690. The second kappa shape index (κ2) is 5.03. The summed E-state index contributed by atoms with van der Waals surface area (Å²) in [6.07, 6.45) is 6.43. The summed E-state index contributed by atoms with van der Waals surface area (Å²) in [6, 6.07) is 1.73. The van der Waals surface area contributed by atoms with Crippen molar-refractivity contribution in [3.8, 4) is 0 Å². The first-order valence-electron chi connectivity index (χ1n) is 3.99. The summed E-state index contributed by atoms with van der Waals surface area (Å²) >= 11 is 0. The molecule has 0 radical (unpaired) electrons. The molecule has 1 heterocycles. The van der Waals surface area contributed by atoms with E-state index >= 15 is 0 Å². The Hall–Kier alpha value is -1.71. The highest BCUT2D eigenvalue weighted by molar-refractivity contribution is 5.87. The topological polar surface area (TPSA) is 54.9 Å². The fraction of sp³-hybridized carbons (Fsp3) is 0.222. The van der Waals surface area contributed by atoms with E-state index in [1.54, 1.807) is 31.5 Å². The van der Waals surface area contributed by atoms with Gasteiger partial charge in [-0.2, -0.15) is 0 Å². The minimum Gasteiger partial charge on any atom is -0.345 e. The van der Waals surface area contributed by atoms with Crippen LogP contribution in [-0.4, -0.2) is 15.9 Å². The van der Waals surface area contributed by atoms with Crippen LogP contribution in [0, 0.1) is 0 Å². The van der Waals surface area contributed by atoms with Gasteiger partial charge in [0.25, 0.3) is 0 Å². The lowest BCUT2D eigenvalue weighted by molar-refractivity contribution is -0.116. The lowest BCUT2D eigenvalue weighted by Gasteiger charge is -1.99. The molecule has 0 spiro atoms. The molecule has 0 saturated carbocycles. The van der Waals surface area contributed by atoms with Gasteiger partial charge in [0, 0.05) is 12.4 Å². The first-order valence-corrected chi connectivity index (χ1v) is 3.99. The van der Waals surface area contributed by atoms with Gasteiger partial charge >= 0.3 is 0 Å². The van der Waals surface area contributed by atoms with Crippen LogP contribution in [0.15, 0.2) is 30.6 Å². The van der Waals surface area contributed by atoms with Crippen molar-refractivity contribution in [3.63, 3.8) is 0 Å². The Labute approximate surface area is 76.7 Å². The van der Waals surface area contributed by atoms with Crippen LogP contribution in [-0.2, 0) is 11.3 Å². The highest BCUT2D eigenvalue weighted by atomic mass is 16.1. The molecule has 4 nitrogen and oxygen atoms in total. The maximum absolute atomic E-state index is 11.0. The smallest absolute Gasteiger partial charge is 0.244 e. The van der Waals surface area contributed by atoms with Crippen molar-refractivity contribution < 1.29 is 4.79 Å². The summed E-state index contributed by atoms with van der Waals surface area (Å²) in [7, 11) is 0. The van der Waals surface area contributed by atoms with Gasteiger partial charge in [-0.25, -0.2) is 9.97 Å². The van der Waals surface area contributed by atoms with Crippen LogP contribution in [0.4, 0.5) is 0 Å². The van der Waals surface area contributed by atoms with Gasteiger partial charge in [-0.15, -0.1) is 0 Å². The largest absolute Gasteiger partial charge is 0.345 e. The summed E-state index contributed by atoms with van der Waals surface area (Å²) in [5.41, 5.74) is 0. The van der Waals surface area contributed by atoms with Gasteiger partial charge < -0.3 is 5.32 Å². The van der Waals surface area contributed by atoms with E-state index < -0.39 is 0 Å². The average Bonchev–Trinajstić information content (AvgIpc) is 2.17. The van der Waals surface area contributed by atoms with Crippen LogP contribution < -0.4 is 5.32 Å².